The molecular weight excluding hydrogens is 300 g/mol. The Labute approximate surface area is 133 Å². The van der Waals surface area contributed by atoms with Gasteiger partial charge in [-0.3, -0.25) is 9.59 Å². The van der Waals surface area contributed by atoms with E-state index in [-0.39, 0.29) is 28.8 Å². The summed E-state index contributed by atoms with van der Waals surface area (Å²) in [5.41, 5.74) is 0. The summed E-state index contributed by atoms with van der Waals surface area (Å²) in [6, 6.07) is -0.182. The molecular formula is C15H20N4O2S. The molecule has 1 aromatic rings. The zero-order valence-corrected chi connectivity index (χ0v) is 13.4. The van der Waals surface area contributed by atoms with E-state index in [9.17, 15) is 9.59 Å². The van der Waals surface area contributed by atoms with Crippen molar-refractivity contribution in [1.29, 1.82) is 0 Å². The molecule has 2 amide bonds. The second-order valence-electron chi connectivity index (χ2n) is 6.51. The van der Waals surface area contributed by atoms with Crippen molar-refractivity contribution in [2.75, 3.05) is 5.75 Å². The summed E-state index contributed by atoms with van der Waals surface area (Å²) in [5.74, 6) is 1.91. The molecule has 0 aromatic carbocycles. The van der Waals surface area contributed by atoms with Crippen LogP contribution in [0.25, 0.3) is 0 Å². The molecule has 1 N–H and O–H groups in total. The molecule has 7 heteroatoms. The predicted octanol–water partition coefficient (Wildman–Crippen LogP) is 0.768. The molecule has 4 rings (SSSR count). The van der Waals surface area contributed by atoms with Crippen LogP contribution in [0.1, 0.15) is 32.0 Å². The van der Waals surface area contributed by atoms with Crippen LogP contribution in [0, 0.1) is 0 Å². The lowest BCUT2D eigenvalue weighted by atomic mass is 10.1. The number of aryl methyl sites for hydroxylation is 1. The first-order valence-electron chi connectivity index (χ1n) is 7.83. The zero-order chi connectivity index (χ0) is 15.3. The molecule has 1 aromatic heterocycles. The van der Waals surface area contributed by atoms with E-state index in [1.54, 1.807) is 11.8 Å². The van der Waals surface area contributed by atoms with Gasteiger partial charge >= 0.3 is 0 Å². The fourth-order valence-corrected chi connectivity index (χ4v) is 5.23. The van der Waals surface area contributed by atoms with Crippen LogP contribution in [0.5, 0.6) is 0 Å². The molecule has 6 nitrogen and oxygen atoms in total. The summed E-state index contributed by atoms with van der Waals surface area (Å²) in [5, 5.41) is 3.15. The van der Waals surface area contributed by atoms with Gasteiger partial charge in [-0.2, -0.15) is 0 Å². The van der Waals surface area contributed by atoms with E-state index >= 15 is 0 Å². The van der Waals surface area contributed by atoms with Crippen LogP contribution >= 0.6 is 11.8 Å². The third-order valence-corrected chi connectivity index (χ3v) is 6.53. The number of aromatic nitrogens is 2. The molecule has 2 fully saturated rings. The molecule has 0 unspecified atom stereocenters. The summed E-state index contributed by atoms with van der Waals surface area (Å²) >= 11 is 1.74. The van der Waals surface area contributed by atoms with Crippen molar-refractivity contribution in [2.24, 2.45) is 0 Å². The molecule has 0 aliphatic carbocycles. The van der Waals surface area contributed by atoms with E-state index in [2.05, 4.69) is 21.8 Å². The third kappa shape index (κ3) is 2.14. The second-order valence-corrected chi connectivity index (χ2v) is 8.01. The van der Waals surface area contributed by atoms with Crippen LogP contribution in [0.3, 0.4) is 0 Å². The van der Waals surface area contributed by atoms with E-state index in [1.165, 1.54) is 0 Å². The minimum Gasteiger partial charge on any atom is -0.350 e. The Morgan fingerprint density at radius 2 is 2.36 bits per heavy atom. The van der Waals surface area contributed by atoms with Crippen LogP contribution in [0.4, 0.5) is 0 Å². The van der Waals surface area contributed by atoms with Crippen molar-refractivity contribution < 1.29 is 9.59 Å². The number of imidazole rings is 1. The summed E-state index contributed by atoms with van der Waals surface area (Å²) in [6.07, 6.45) is 6.98. The van der Waals surface area contributed by atoms with Gasteiger partial charge in [-0.05, 0) is 19.8 Å². The maximum Gasteiger partial charge on any atom is 0.243 e. The van der Waals surface area contributed by atoms with Gasteiger partial charge in [-0.1, -0.05) is 0 Å². The fraction of sp³-hybridized carbons (Fsp3) is 0.667. The summed E-state index contributed by atoms with van der Waals surface area (Å²) in [6.45, 7) is 2.85. The van der Waals surface area contributed by atoms with Crippen LogP contribution < -0.4 is 5.32 Å². The van der Waals surface area contributed by atoms with E-state index < -0.39 is 0 Å². The number of fused-ring (bicyclic) bond motifs is 2. The molecule has 3 atom stereocenters. The smallest absolute Gasteiger partial charge is 0.243 e. The Kier molecular flexibility index (Phi) is 3.21. The van der Waals surface area contributed by atoms with Crippen molar-refractivity contribution in [1.82, 2.24) is 19.8 Å². The highest BCUT2D eigenvalue weighted by Crippen LogP contribution is 2.47. The molecule has 0 bridgehead atoms. The monoisotopic (exact) mass is 320 g/mol. The van der Waals surface area contributed by atoms with Crippen LogP contribution in [-0.4, -0.2) is 49.0 Å². The number of amides is 2. The van der Waals surface area contributed by atoms with Gasteiger partial charge < -0.3 is 14.8 Å². The largest absolute Gasteiger partial charge is 0.350 e. The van der Waals surface area contributed by atoms with E-state index in [0.29, 0.717) is 12.2 Å². The van der Waals surface area contributed by atoms with E-state index in [1.807, 2.05) is 17.3 Å². The lowest BCUT2D eigenvalue weighted by Crippen LogP contribution is -2.53. The Hall–Kier alpha value is -1.50. The summed E-state index contributed by atoms with van der Waals surface area (Å²) < 4.78 is 2.10. The number of nitrogens with zero attached hydrogens (tertiary/aromatic N) is 3. The van der Waals surface area contributed by atoms with Gasteiger partial charge in [0.25, 0.3) is 0 Å². The maximum absolute atomic E-state index is 12.7. The van der Waals surface area contributed by atoms with E-state index in [0.717, 1.165) is 31.6 Å². The lowest BCUT2D eigenvalue weighted by Gasteiger charge is -2.31. The van der Waals surface area contributed by atoms with Crippen molar-refractivity contribution >= 4 is 23.6 Å². The van der Waals surface area contributed by atoms with Gasteiger partial charge in [-0.15, -0.1) is 11.8 Å². The molecule has 0 saturated carbocycles. The number of thioether (sulfide) groups is 1. The SMILES string of the molecule is C[C@]12CCC(=O)N1[C@@H](C(=O)N[C@@H]1CCc3nccn3C1)CS2. The van der Waals surface area contributed by atoms with Crippen molar-refractivity contribution in [2.45, 2.75) is 56.1 Å². The normalized spacial score (nSPS) is 33.7. The molecule has 2 saturated heterocycles. The molecule has 3 aliphatic rings. The van der Waals surface area contributed by atoms with Gasteiger partial charge in [0.2, 0.25) is 11.8 Å². The number of hydrogen-bond donors (Lipinski definition) is 1. The minimum atomic E-state index is -0.311. The highest BCUT2D eigenvalue weighted by atomic mass is 32.2. The quantitative estimate of drug-likeness (QED) is 0.874. The number of carbonyl (C=O) groups excluding carboxylic acids is 2. The van der Waals surface area contributed by atoms with Gasteiger partial charge in [-0.25, -0.2) is 4.98 Å². The summed E-state index contributed by atoms with van der Waals surface area (Å²) in [4.78, 5) is 30.7. The molecule has 22 heavy (non-hydrogen) atoms. The minimum absolute atomic E-state index is 0.0000373. The Morgan fingerprint density at radius 1 is 1.50 bits per heavy atom. The highest BCUT2D eigenvalue weighted by Gasteiger charge is 2.53. The van der Waals surface area contributed by atoms with Gasteiger partial charge in [0.1, 0.15) is 11.9 Å². The topological polar surface area (TPSA) is 67.2 Å². The molecule has 118 valence electrons. The third-order valence-electron chi connectivity index (χ3n) is 5.03. The first kappa shape index (κ1) is 14.1. The highest BCUT2D eigenvalue weighted by molar-refractivity contribution is 8.01. The average molecular weight is 320 g/mol. The average Bonchev–Trinajstić information content (AvgIpc) is 3.15. The van der Waals surface area contributed by atoms with Crippen molar-refractivity contribution in [3.8, 4) is 0 Å². The maximum atomic E-state index is 12.7. The lowest BCUT2D eigenvalue weighted by molar-refractivity contribution is -0.138. The Bertz CT molecular complexity index is 631. The van der Waals surface area contributed by atoms with Gasteiger partial charge in [0.05, 0.1) is 4.87 Å². The molecule has 3 aliphatic heterocycles. The predicted molar refractivity (Wildman–Crippen MR) is 83.2 cm³/mol. The van der Waals surface area contributed by atoms with Crippen LogP contribution in [-0.2, 0) is 22.6 Å². The first-order chi connectivity index (χ1) is 10.6. The zero-order valence-electron chi connectivity index (χ0n) is 12.6. The van der Waals surface area contributed by atoms with Crippen LogP contribution in [0.2, 0.25) is 0 Å². The summed E-state index contributed by atoms with van der Waals surface area (Å²) in [7, 11) is 0. The molecule has 0 spiro atoms. The number of carbonyl (C=O) groups is 2. The number of hydrogen-bond acceptors (Lipinski definition) is 4. The van der Waals surface area contributed by atoms with E-state index in [4.69, 9.17) is 0 Å². The Balaban J connectivity index is 1.44. The van der Waals surface area contributed by atoms with Crippen molar-refractivity contribution in [3.05, 3.63) is 18.2 Å². The standard InChI is InChI=1S/C15H20N4O2S/c1-15-5-4-13(20)19(15)11(9-22-15)14(21)17-10-2-3-12-16-6-7-18(12)8-10/h6-7,10-11H,2-5,8-9H2,1H3,(H,17,21)/t10-,11-,15+/m1/s1. The molecule has 4 heterocycles. The van der Waals surface area contributed by atoms with Gasteiger partial charge in [0.15, 0.2) is 0 Å². The van der Waals surface area contributed by atoms with Crippen molar-refractivity contribution in [3.63, 3.8) is 0 Å². The number of rotatable bonds is 2. The second kappa shape index (κ2) is 5.01. The van der Waals surface area contributed by atoms with Gasteiger partial charge in [0, 0.05) is 43.6 Å². The first-order valence-corrected chi connectivity index (χ1v) is 8.82. The fourth-order valence-electron chi connectivity index (χ4n) is 3.80. The Morgan fingerprint density at radius 3 is 3.23 bits per heavy atom. The van der Waals surface area contributed by atoms with Crippen LogP contribution in [0.15, 0.2) is 12.4 Å². The molecule has 0 radical (unpaired) electrons. The number of nitrogens with one attached hydrogen (secondary N) is 1.